The molecule has 1 aliphatic rings. The number of rotatable bonds is 2. The smallest absolute Gasteiger partial charge is 0.232 e. The zero-order valence-corrected chi connectivity index (χ0v) is 11.8. The molecule has 1 aromatic rings. The van der Waals surface area contributed by atoms with Crippen LogP contribution in [0.25, 0.3) is 0 Å². The second-order valence-electron chi connectivity index (χ2n) is 4.36. The number of hydrogen-bond donors (Lipinski definition) is 0. The number of likely N-dealkylation sites (tertiary alicyclic amines) is 1. The SMILES string of the molecule is CN1C(=O)CCC(Cc2ccc(I)cc2)C1=O. The third-order valence-corrected chi connectivity index (χ3v) is 3.88. The average molecular weight is 343 g/mol. The Morgan fingerprint density at radius 2 is 1.94 bits per heavy atom. The molecule has 0 spiro atoms. The summed E-state index contributed by atoms with van der Waals surface area (Å²) < 4.78 is 1.19. The molecule has 0 saturated carbocycles. The van der Waals surface area contributed by atoms with Gasteiger partial charge in [0.2, 0.25) is 11.8 Å². The maximum Gasteiger partial charge on any atom is 0.232 e. The van der Waals surface area contributed by atoms with Crippen LogP contribution in [0.2, 0.25) is 0 Å². The molecule has 1 aromatic carbocycles. The lowest BCUT2D eigenvalue weighted by molar-refractivity contribution is -0.149. The number of amides is 2. The fourth-order valence-electron chi connectivity index (χ4n) is 2.08. The Hall–Kier alpha value is -0.910. The van der Waals surface area contributed by atoms with Gasteiger partial charge in [-0.3, -0.25) is 14.5 Å². The Labute approximate surface area is 114 Å². The first-order chi connectivity index (χ1) is 8.08. The van der Waals surface area contributed by atoms with Crippen molar-refractivity contribution in [1.29, 1.82) is 0 Å². The molecule has 90 valence electrons. The van der Waals surface area contributed by atoms with Crippen LogP contribution in [0.5, 0.6) is 0 Å². The molecule has 0 radical (unpaired) electrons. The molecule has 2 amide bonds. The van der Waals surface area contributed by atoms with E-state index in [1.807, 2.05) is 24.3 Å². The minimum atomic E-state index is -0.0612. The molecular formula is C13H14INO2. The quantitative estimate of drug-likeness (QED) is 0.610. The number of carbonyl (C=O) groups is 2. The highest BCUT2D eigenvalue weighted by atomic mass is 127. The molecule has 3 nitrogen and oxygen atoms in total. The second-order valence-corrected chi connectivity index (χ2v) is 5.60. The van der Waals surface area contributed by atoms with E-state index in [2.05, 4.69) is 22.6 Å². The molecule has 0 aliphatic carbocycles. The van der Waals surface area contributed by atoms with E-state index < -0.39 is 0 Å². The highest BCUT2D eigenvalue weighted by Crippen LogP contribution is 2.22. The minimum absolute atomic E-state index is 0.0419. The molecule has 4 heteroatoms. The van der Waals surface area contributed by atoms with E-state index in [0.717, 1.165) is 12.0 Å². The predicted molar refractivity (Wildman–Crippen MR) is 73.4 cm³/mol. The van der Waals surface area contributed by atoms with Gasteiger partial charge in [-0.25, -0.2) is 0 Å². The lowest BCUT2D eigenvalue weighted by Crippen LogP contribution is -2.43. The summed E-state index contributed by atoms with van der Waals surface area (Å²) in [5.74, 6) is -0.147. The van der Waals surface area contributed by atoms with Gasteiger partial charge >= 0.3 is 0 Å². The van der Waals surface area contributed by atoms with Crippen molar-refractivity contribution in [3.63, 3.8) is 0 Å². The maximum atomic E-state index is 11.9. The maximum absolute atomic E-state index is 11.9. The molecular weight excluding hydrogens is 329 g/mol. The van der Waals surface area contributed by atoms with Crippen LogP contribution in [0.3, 0.4) is 0 Å². The Bertz CT molecular complexity index is 441. The van der Waals surface area contributed by atoms with Crippen LogP contribution in [-0.2, 0) is 16.0 Å². The summed E-state index contributed by atoms with van der Waals surface area (Å²) in [5.41, 5.74) is 1.16. The van der Waals surface area contributed by atoms with E-state index in [1.54, 1.807) is 7.05 Å². The van der Waals surface area contributed by atoms with Crippen LogP contribution in [-0.4, -0.2) is 23.8 Å². The van der Waals surface area contributed by atoms with Gasteiger partial charge in [0.1, 0.15) is 0 Å². The number of halogens is 1. The fourth-order valence-corrected chi connectivity index (χ4v) is 2.44. The molecule has 0 aromatic heterocycles. The Morgan fingerprint density at radius 1 is 1.29 bits per heavy atom. The Balaban J connectivity index is 2.06. The van der Waals surface area contributed by atoms with Gasteiger partial charge in [-0.05, 0) is 53.1 Å². The van der Waals surface area contributed by atoms with E-state index in [-0.39, 0.29) is 17.7 Å². The summed E-state index contributed by atoms with van der Waals surface area (Å²) in [6.45, 7) is 0. The first kappa shape index (κ1) is 12.5. The van der Waals surface area contributed by atoms with Crippen LogP contribution in [0.1, 0.15) is 18.4 Å². The average Bonchev–Trinajstić information content (AvgIpc) is 2.33. The number of piperidine rings is 1. The number of hydrogen-bond acceptors (Lipinski definition) is 2. The third-order valence-electron chi connectivity index (χ3n) is 3.16. The lowest BCUT2D eigenvalue weighted by Gasteiger charge is -2.27. The second kappa shape index (κ2) is 5.16. The van der Waals surface area contributed by atoms with Gasteiger partial charge in [0, 0.05) is 23.0 Å². The Morgan fingerprint density at radius 3 is 2.59 bits per heavy atom. The summed E-state index contributed by atoms with van der Waals surface area (Å²) in [6, 6.07) is 8.17. The van der Waals surface area contributed by atoms with Crippen molar-refractivity contribution in [2.45, 2.75) is 19.3 Å². The number of nitrogens with zero attached hydrogens (tertiary/aromatic N) is 1. The van der Waals surface area contributed by atoms with Crippen molar-refractivity contribution in [2.24, 2.45) is 5.92 Å². The Kier molecular flexibility index (Phi) is 3.81. The molecule has 1 aliphatic heterocycles. The highest BCUT2D eigenvalue weighted by Gasteiger charge is 2.31. The van der Waals surface area contributed by atoms with Crippen LogP contribution < -0.4 is 0 Å². The third kappa shape index (κ3) is 2.86. The summed E-state index contributed by atoms with van der Waals surface area (Å²) in [6.07, 6.45) is 1.89. The van der Waals surface area contributed by atoms with E-state index in [0.29, 0.717) is 12.8 Å². The number of carbonyl (C=O) groups excluding carboxylic acids is 2. The van der Waals surface area contributed by atoms with Crippen LogP contribution >= 0.6 is 22.6 Å². The predicted octanol–water partition coefficient (Wildman–Crippen LogP) is 2.23. The standard InChI is InChI=1S/C13H14INO2/c1-15-12(16)7-4-10(13(15)17)8-9-2-5-11(14)6-3-9/h2-3,5-6,10H,4,7-8H2,1H3. The molecule has 0 bridgehead atoms. The molecule has 17 heavy (non-hydrogen) atoms. The fraction of sp³-hybridized carbons (Fsp3) is 0.385. The first-order valence-corrected chi connectivity index (χ1v) is 6.70. The van der Waals surface area contributed by atoms with Crippen LogP contribution in [0.4, 0.5) is 0 Å². The molecule has 1 unspecified atom stereocenters. The normalized spacial score (nSPS) is 20.8. The van der Waals surface area contributed by atoms with Gasteiger partial charge < -0.3 is 0 Å². The van der Waals surface area contributed by atoms with E-state index in [4.69, 9.17) is 0 Å². The van der Waals surface area contributed by atoms with Gasteiger partial charge in [0.15, 0.2) is 0 Å². The van der Waals surface area contributed by atoms with Gasteiger partial charge in [-0.2, -0.15) is 0 Å². The minimum Gasteiger partial charge on any atom is -0.286 e. The van der Waals surface area contributed by atoms with Crippen molar-refractivity contribution >= 4 is 34.4 Å². The van der Waals surface area contributed by atoms with Crippen molar-refractivity contribution in [3.05, 3.63) is 33.4 Å². The summed E-state index contributed by atoms with van der Waals surface area (Å²) in [5, 5.41) is 0. The van der Waals surface area contributed by atoms with E-state index in [1.165, 1.54) is 8.47 Å². The first-order valence-electron chi connectivity index (χ1n) is 5.63. The lowest BCUT2D eigenvalue weighted by atomic mass is 9.90. The molecule has 1 heterocycles. The molecule has 1 atom stereocenters. The van der Waals surface area contributed by atoms with Crippen molar-refractivity contribution in [2.75, 3.05) is 7.05 Å². The summed E-state index contributed by atoms with van der Waals surface area (Å²) in [7, 11) is 1.57. The van der Waals surface area contributed by atoms with Gasteiger partial charge in [-0.15, -0.1) is 0 Å². The molecule has 1 saturated heterocycles. The van der Waals surface area contributed by atoms with Crippen LogP contribution in [0, 0.1) is 9.49 Å². The molecule has 2 rings (SSSR count). The zero-order chi connectivity index (χ0) is 12.4. The highest BCUT2D eigenvalue weighted by molar-refractivity contribution is 14.1. The summed E-state index contributed by atoms with van der Waals surface area (Å²) in [4.78, 5) is 24.5. The molecule has 1 fully saturated rings. The monoisotopic (exact) mass is 343 g/mol. The number of imide groups is 1. The van der Waals surface area contributed by atoms with Crippen molar-refractivity contribution < 1.29 is 9.59 Å². The zero-order valence-electron chi connectivity index (χ0n) is 9.65. The van der Waals surface area contributed by atoms with E-state index in [9.17, 15) is 9.59 Å². The summed E-state index contributed by atoms with van der Waals surface area (Å²) >= 11 is 2.26. The molecule has 0 N–H and O–H groups in total. The number of benzene rings is 1. The van der Waals surface area contributed by atoms with Gasteiger partial charge in [0.05, 0.1) is 0 Å². The van der Waals surface area contributed by atoms with Crippen LogP contribution in [0.15, 0.2) is 24.3 Å². The van der Waals surface area contributed by atoms with Gasteiger partial charge in [-0.1, -0.05) is 12.1 Å². The largest absolute Gasteiger partial charge is 0.286 e. The van der Waals surface area contributed by atoms with Crippen molar-refractivity contribution in [1.82, 2.24) is 4.90 Å². The van der Waals surface area contributed by atoms with Gasteiger partial charge in [0.25, 0.3) is 0 Å². The topological polar surface area (TPSA) is 37.4 Å². The van der Waals surface area contributed by atoms with E-state index >= 15 is 0 Å². The van der Waals surface area contributed by atoms with Crippen molar-refractivity contribution in [3.8, 4) is 0 Å².